The molecule has 0 unspecified atom stereocenters. The smallest absolute Gasteiger partial charge is 0.255 e. The molecule has 1 saturated heterocycles. The number of nitrogens with one attached hydrogen (secondary N) is 1. The van der Waals surface area contributed by atoms with Gasteiger partial charge in [0.2, 0.25) is 5.91 Å². The van der Waals surface area contributed by atoms with Crippen molar-refractivity contribution in [2.24, 2.45) is 0 Å². The van der Waals surface area contributed by atoms with Crippen LogP contribution in [0.1, 0.15) is 61.2 Å². The van der Waals surface area contributed by atoms with Crippen molar-refractivity contribution < 1.29 is 9.90 Å². The summed E-state index contributed by atoms with van der Waals surface area (Å²) in [5.41, 5.74) is 2.76. The first-order valence-corrected chi connectivity index (χ1v) is 10.9. The molecule has 1 aromatic carbocycles. The van der Waals surface area contributed by atoms with Gasteiger partial charge in [-0.3, -0.25) is 14.5 Å². The number of hydrogen-bond acceptors (Lipinski definition) is 5. The highest BCUT2D eigenvalue weighted by atomic mass is 16.3. The molecule has 2 N–H and O–H groups in total. The van der Waals surface area contributed by atoms with Crippen molar-refractivity contribution in [1.82, 2.24) is 19.8 Å². The van der Waals surface area contributed by atoms with Gasteiger partial charge in [0.25, 0.3) is 5.56 Å². The number of likely N-dealkylation sites (tertiary alicyclic amines) is 1. The number of H-pyrrole nitrogens is 1. The molecule has 2 aliphatic rings. The number of carbonyl (C=O) groups excluding carboxylic acids is 1. The third-order valence-corrected chi connectivity index (χ3v) is 6.21. The number of benzene rings is 1. The van der Waals surface area contributed by atoms with Crippen LogP contribution in [0.25, 0.3) is 0 Å². The lowest BCUT2D eigenvalue weighted by Crippen LogP contribution is -2.39. The molecule has 160 valence electrons. The number of fused-ring (bicyclic) bond motifs is 1. The predicted octanol–water partition coefficient (Wildman–Crippen LogP) is 2.54. The highest BCUT2D eigenvalue weighted by molar-refractivity contribution is 5.76. The summed E-state index contributed by atoms with van der Waals surface area (Å²) in [6.07, 6.45) is 3.95. The largest absolute Gasteiger partial charge is 0.508 e. The van der Waals surface area contributed by atoms with Crippen molar-refractivity contribution in [3.63, 3.8) is 0 Å². The van der Waals surface area contributed by atoms with Crippen molar-refractivity contribution in [2.45, 2.75) is 58.0 Å². The van der Waals surface area contributed by atoms with Gasteiger partial charge in [-0.1, -0.05) is 19.1 Å². The van der Waals surface area contributed by atoms with Crippen molar-refractivity contribution in [3.8, 4) is 5.75 Å². The number of amides is 1. The number of rotatable bonds is 5. The lowest BCUT2D eigenvalue weighted by Gasteiger charge is -2.32. The van der Waals surface area contributed by atoms with E-state index in [0.717, 1.165) is 74.5 Å². The average molecular weight is 411 g/mol. The van der Waals surface area contributed by atoms with Crippen LogP contribution in [0.3, 0.4) is 0 Å². The molecule has 7 heteroatoms. The predicted molar refractivity (Wildman–Crippen MR) is 114 cm³/mol. The minimum absolute atomic E-state index is 0.0325. The Kier molecular flexibility index (Phi) is 6.18. The number of aromatic nitrogens is 2. The minimum atomic E-state index is -0.0325. The van der Waals surface area contributed by atoms with E-state index in [4.69, 9.17) is 4.98 Å². The van der Waals surface area contributed by atoms with Crippen LogP contribution in [0.4, 0.5) is 0 Å². The van der Waals surface area contributed by atoms with E-state index in [1.807, 2.05) is 24.0 Å². The molecule has 0 atom stereocenters. The molecule has 0 bridgehead atoms. The van der Waals surface area contributed by atoms with Gasteiger partial charge in [-0.15, -0.1) is 0 Å². The van der Waals surface area contributed by atoms with Gasteiger partial charge in [0.05, 0.1) is 11.3 Å². The normalized spacial score (nSPS) is 17.7. The van der Waals surface area contributed by atoms with Gasteiger partial charge in [0, 0.05) is 51.5 Å². The molecule has 0 radical (unpaired) electrons. The van der Waals surface area contributed by atoms with Gasteiger partial charge < -0.3 is 15.0 Å². The van der Waals surface area contributed by atoms with Gasteiger partial charge >= 0.3 is 0 Å². The number of aromatic amines is 1. The Labute approximate surface area is 176 Å². The van der Waals surface area contributed by atoms with Crippen molar-refractivity contribution in [3.05, 3.63) is 57.3 Å². The maximum absolute atomic E-state index is 12.8. The lowest BCUT2D eigenvalue weighted by atomic mass is 9.95. The second-order valence-corrected chi connectivity index (χ2v) is 8.41. The fourth-order valence-electron chi connectivity index (χ4n) is 4.46. The number of phenolic OH excluding ortho intramolecular Hbond substituents is 1. The summed E-state index contributed by atoms with van der Waals surface area (Å²) in [6.45, 7) is 5.69. The highest BCUT2D eigenvalue weighted by Gasteiger charge is 2.27. The quantitative estimate of drug-likeness (QED) is 0.791. The van der Waals surface area contributed by atoms with Crippen molar-refractivity contribution >= 4 is 5.91 Å². The molecule has 0 aliphatic carbocycles. The standard InChI is InChI=1S/C23H30N4O3/c1-2-3-21(29)27-12-8-17(9-13-27)22-24-20-10-11-26(15-19(20)23(30)25-22)14-16-4-6-18(28)7-5-16/h4-7,17,28H,2-3,8-15H2,1H3,(H,24,25,30). The van der Waals surface area contributed by atoms with Crippen LogP contribution in [-0.2, 0) is 24.3 Å². The van der Waals surface area contributed by atoms with Gasteiger partial charge in [0.15, 0.2) is 0 Å². The van der Waals surface area contributed by atoms with Crippen LogP contribution in [0, 0.1) is 0 Å². The molecule has 1 amide bonds. The van der Waals surface area contributed by atoms with Gasteiger partial charge in [-0.2, -0.15) is 0 Å². The molecule has 2 aliphatic heterocycles. The zero-order chi connectivity index (χ0) is 21.1. The van der Waals surface area contributed by atoms with Crippen molar-refractivity contribution in [2.75, 3.05) is 19.6 Å². The van der Waals surface area contributed by atoms with Crippen LogP contribution >= 0.6 is 0 Å². The zero-order valence-electron chi connectivity index (χ0n) is 17.6. The first-order valence-electron chi connectivity index (χ1n) is 10.9. The molecule has 4 rings (SSSR count). The maximum Gasteiger partial charge on any atom is 0.255 e. The molecule has 3 heterocycles. The summed E-state index contributed by atoms with van der Waals surface area (Å²) in [6, 6.07) is 7.20. The molecule has 1 aromatic heterocycles. The van der Waals surface area contributed by atoms with Crippen LogP contribution in [0.15, 0.2) is 29.1 Å². The highest BCUT2D eigenvalue weighted by Crippen LogP contribution is 2.27. The number of piperidine rings is 1. The number of nitrogens with zero attached hydrogens (tertiary/aromatic N) is 3. The van der Waals surface area contributed by atoms with Crippen LogP contribution < -0.4 is 5.56 Å². The zero-order valence-corrected chi connectivity index (χ0v) is 17.6. The van der Waals surface area contributed by atoms with E-state index in [2.05, 4.69) is 9.88 Å². The Bertz CT molecular complexity index is 946. The lowest BCUT2D eigenvalue weighted by molar-refractivity contribution is -0.132. The monoisotopic (exact) mass is 410 g/mol. The number of hydrogen-bond donors (Lipinski definition) is 2. The van der Waals surface area contributed by atoms with Gasteiger partial charge in [-0.25, -0.2) is 4.98 Å². The summed E-state index contributed by atoms with van der Waals surface area (Å²) < 4.78 is 0. The van der Waals surface area contributed by atoms with Crippen LogP contribution in [0.5, 0.6) is 5.75 Å². The summed E-state index contributed by atoms with van der Waals surface area (Å²) in [7, 11) is 0. The summed E-state index contributed by atoms with van der Waals surface area (Å²) in [4.78, 5) is 37.0. The number of phenols is 1. The first kappa shape index (κ1) is 20.6. The van der Waals surface area contributed by atoms with E-state index in [-0.39, 0.29) is 23.1 Å². The fraction of sp³-hybridized carbons (Fsp3) is 0.522. The van der Waals surface area contributed by atoms with E-state index in [0.29, 0.717) is 13.0 Å². The van der Waals surface area contributed by atoms with E-state index in [1.54, 1.807) is 12.1 Å². The third-order valence-electron chi connectivity index (χ3n) is 6.21. The van der Waals surface area contributed by atoms with Crippen LogP contribution in [-0.4, -0.2) is 50.4 Å². The fourth-order valence-corrected chi connectivity index (χ4v) is 4.46. The van der Waals surface area contributed by atoms with Gasteiger partial charge in [0.1, 0.15) is 11.6 Å². The van der Waals surface area contributed by atoms with E-state index < -0.39 is 0 Å². The Morgan fingerprint density at radius 1 is 1.20 bits per heavy atom. The van der Waals surface area contributed by atoms with E-state index in [9.17, 15) is 14.7 Å². The SMILES string of the molecule is CCCC(=O)N1CCC(c2nc3c(c(=O)[nH]2)CN(Cc2ccc(O)cc2)CC3)CC1. The Morgan fingerprint density at radius 2 is 1.93 bits per heavy atom. The summed E-state index contributed by atoms with van der Waals surface area (Å²) in [5.74, 6) is 1.49. The molecule has 0 spiro atoms. The summed E-state index contributed by atoms with van der Waals surface area (Å²) >= 11 is 0. The summed E-state index contributed by atoms with van der Waals surface area (Å²) in [5, 5.41) is 9.44. The maximum atomic E-state index is 12.8. The second-order valence-electron chi connectivity index (χ2n) is 8.41. The molecular weight excluding hydrogens is 380 g/mol. The van der Waals surface area contributed by atoms with E-state index >= 15 is 0 Å². The molecule has 2 aromatic rings. The van der Waals surface area contributed by atoms with Gasteiger partial charge in [-0.05, 0) is 37.0 Å². The molecular formula is C23H30N4O3. The molecule has 30 heavy (non-hydrogen) atoms. The Balaban J connectivity index is 1.41. The Morgan fingerprint density at radius 3 is 2.63 bits per heavy atom. The van der Waals surface area contributed by atoms with Crippen LogP contribution in [0.2, 0.25) is 0 Å². The topological polar surface area (TPSA) is 89.5 Å². The molecule has 7 nitrogen and oxygen atoms in total. The second kappa shape index (κ2) is 9.00. The minimum Gasteiger partial charge on any atom is -0.508 e. The third kappa shape index (κ3) is 4.56. The first-order chi connectivity index (χ1) is 14.5. The number of carbonyl (C=O) groups is 1. The molecule has 1 fully saturated rings. The number of aromatic hydroxyl groups is 1. The van der Waals surface area contributed by atoms with Crippen molar-refractivity contribution in [1.29, 1.82) is 0 Å². The molecule has 0 saturated carbocycles. The average Bonchev–Trinajstić information content (AvgIpc) is 2.76. The van der Waals surface area contributed by atoms with E-state index in [1.165, 1.54) is 0 Å². The Hall–Kier alpha value is -2.67.